The summed E-state index contributed by atoms with van der Waals surface area (Å²) >= 11 is 0. The van der Waals surface area contributed by atoms with Gasteiger partial charge >= 0.3 is 5.97 Å². The molecule has 9 nitrogen and oxygen atoms in total. The van der Waals surface area contributed by atoms with Crippen molar-refractivity contribution in [3.8, 4) is 0 Å². The lowest BCUT2D eigenvalue weighted by Gasteiger charge is -2.32. The van der Waals surface area contributed by atoms with Crippen LogP contribution in [-0.4, -0.2) is 74.5 Å². The van der Waals surface area contributed by atoms with Crippen LogP contribution in [0.4, 0.5) is 0 Å². The van der Waals surface area contributed by atoms with Crippen molar-refractivity contribution in [1.29, 1.82) is 0 Å². The molecule has 54 heavy (non-hydrogen) atoms. The number of carbonyl (C=O) groups is 2. The van der Waals surface area contributed by atoms with Gasteiger partial charge in [-0.3, -0.25) is 14.2 Å². The van der Waals surface area contributed by atoms with E-state index in [-0.39, 0.29) is 19.4 Å². The van der Waals surface area contributed by atoms with E-state index >= 15 is 0 Å². The number of nitrogens with zero attached hydrogens (tertiary/aromatic N) is 1. The molecule has 2 unspecified atom stereocenters. The van der Waals surface area contributed by atoms with Crippen LogP contribution in [0, 0.1) is 0 Å². The monoisotopic (exact) mass is 788 g/mol. The van der Waals surface area contributed by atoms with Gasteiger partial charge in [0.2, 0.25) is 0 Å². The number of rotatable bonds is 41. The number of likely N-dealkylation sites (N-methyl/N-ethyl adjacent to an activating group) is 1. The summed E-state index contributed by atoms with van der Waals surface area (Å²) in [4.78, 5) is 38.8. The van der Waals surface area contributed by atoms with E-state index in [9.17, 15) is 24.2 Å². The Labute approximate surface area is 333 Å². The first kappa shape index (κ1) is 52.9. The van der Waals surface area contributed by atoms with Crippen LogP contribution in [0.25, 0.3) is 0 Å². The molecule has 0 aromatic rings. The minimum atomic E-state index is -4.92. The van der Waals surface area contributed by atoms with Crippen molar-refractivity contribution in [2.24, 2.45) is 0 Å². The second kappa shape index (κ2) is 36.3. The molecule has 0 saturated carbocycles. The number of esters is 1. The number of quaternary nitrogens is 1. The molecule has 0 saturated heterocycles. The van der Waals surface area contributed by atoms with Crippen LogP contribution in [0.3, 0.4) is 0 Å². The van der Waals surface area contributed by atoms with Gasteiger partial charge in [-0.15, -0.1) is 0 Å². The third-order valence-corrected chi connectivity index (χ3v) is 11.0. The Hall–Kier alpha value is -1.09. The van der Waals surface area contributed by atoms with Gasteiger partial charge in [0.15, 0.2) is 18.0 Å². The van der Waals surface area contributed by atoms with E-state index in [4.69, 9.17) is 13.8 Å². The van der Waals surface area contributed by atoms with Crippen molar-refractivity contribution in [2.75, 3.05) is 40.9 Å². The second-order valence-corrected chi connectivity index (χ2v) is 17.9. The van der Waals surface area contributed by atoms with Crippen molar-refractivity contribution < 1.29 is 42.4 Å². The molecule has 0 aliphatic carbocycles. The van der Waals surface area contributed by atoms with Crippen molar-refractivity contribution >= 4 is 19.6 Å². The van der Waals surface area contributed by atoms with Gasteiger partial charge in [0.25, 0.3) is 7.82 Å². The standard InChI is InChI=1S/C44H86NO8P/c1-6-8-10-12-14-16-18-20-22-24-26-28-30-32-34-36-41(47)44(53-54(49,50)51-39-38-45(3,4)5)42(40-46)52-43(48)37-35-33-31-29-27-25-23-21-19-17-15-13-11-9-7-2/h21,23,42,44,46H,6-20,22,24-40H2,1-5H3/b23-21-/t42-,44?/m0/s1. The van der Waals surface area contributed by atoms with Crippen molar-refractivity contribution in [1.82, 2.24) is 0 Å². The Kier molecular flexibility index (Phi) is 35.5. The normalized spacial score (nSPS) is 14.4. The van der Waals surface area contributed by atoms with E-state index < -0.39 is 38.4 Å². The molecule has 0 aromatic carbocycles. The van der Waals surface area contributed by atoms with Gasteiger partial charge in [-0.05, 0) is 38.5 Å². The number of allylic oxidation sites excluding steroid dienone is 2. The summed E-state index contributed by atoms with van der Waals surface area (Å²) < 4.78 is 29.0. The van der Waals surface area contributed by atoms with Crippen LogP contribution in [0.1, 0.15) is 206 Å². The zero-order chi connectivity index (χ0) is 40.2. The number of phosphoric acid groups is 1. The summed E-state index contributed by atoms with van der Waals surface area (Å²) in [5, 5.41) is 10.1. The summed E-state index contributed by atoms with van der Waals surface area (Å²) in [6, 6.07) is 0. The fourth-order valence-corrected chi connectivity index (χ4v) is 7.40. The quantitative estimate of drug-likeness (QED) is 0.0214. The lowest BCUT2D eigenvalue weighted by molar-refractivity contribution is -0.870. The smallest absolute Gasteiger partial charge is 0.306 e. The minimum absolute atomic E-state index is 0.0735. The number of unbranched alkanes of at least 4 members (excludes halogenated alkanes) is 25. The van der Waals surface area contributed by atoms with Crippen LogP contribution in [0.2, 0.25) is 0 Å². The molecule has 0 fully saturated rings. The van der Waals surface area contributed by atoms with E-state index in [1.54, 1.807) is 0 Å². The average molecular weight is 788 g/mol. The average Bonchev–Trinajstić information content (AvgIpc) is 3.12. The Morgan fingerprint density at radius 2 is 1.02 bits per heavy atom. The SMILES string of the molecule is CCCCCCCC/C=C\CCCCCCCC(=O)O[C@@H](CO)C(OP(=O)([O-])OCC[N+](C)(C)C)C(=O)CCCCCCCCCCCCCCCCC. The van der Waals surface area contributed by atoms with Gasteiger partial charge in [-0.1, -0.05) is 167 Å². The number of aliphatic hydroxyl groups excluding tert-OH is 1. The highest BCUT2D eigenvalue weighted by atomic mass is 31.2. The molecule has 0 aromatic heterocycles. The molecule has 0 aliphatic rings. The Bertz CT molecular complexity index is 953. The van der Waals surface area contributed by atoms with E-state index in [0.29, 0.717) is 23.9 Å². The Balaban J connectivity index is 4.62. The third-order valence-electron chi connectivity index (χ3n) is 10.0. The van der Waals surface area contributed by atoms with E-state index in [1.165, 1.54) is 109 Å². The fourth-order valence-electron chi connectivity index (χ4n) is 6.51. The van der Waals surface area contributed by atoms with Crippen LogP contribution >= 0.6 is 7.82 Å². The summed E-state index contributed by atoms with van der Waals surface area (Å²) in [6.07, 6.45) is 34.5. The molecule has 320 valence electrons. The maximum absolute atomic E-state index is 13.3. The number of hydrogen-bond donors (Lipinski definition) is 1. The number of Topliss-reactive ketones (excluding diaryl/α,β-unsaturated/α-hetero) is 1. The Morgan fingerprint density at radius 1 is 0.630 bits per heavy atom. The van der Waals surface area contributed by atoms with E-state index in [1.807, 2.05) is 21.1 Å². The van der Waals surface area contributed by atoms with Crippen molar-refractivity contribution in [3.63, 3.8) is 0 Å². The van der Waals surface area contributed by atoms with Gasteiger partial charge in [0.05, 0.1) is 27.7 Å². The lowest BCUT2D eigenvalue weighted by atomic mass is 10.0. The largest absolute Gasteiger partial charge is 0.756 e. The molecule has 0 aliphatic heterocycles. The van der Waals surface area contributed by atoms with E-state index in [2.05, 4.69) is 26.0 Å². The lowest BCUT2D eigenvalue weighted by Crippen LogP contribution is -2.43. The maximum Gasteiger partial charge on any atom is 0.306 e. The van der Waals surface area contributed by atoms with E-state index in [0.717, 1.165) is 57.8 Å². The molecule has 0 rings (SSSR count). The highest BCUT2D eigenvalue weighted by Gasteiger charge is 2.35. The van der Waals surface area contributed by atoms with Crippen LogP contribution in [-0.2, 0) is 27.9 Å². The van der Waals surface area contributed by atoms with Gasteiger partial charge in [0.1, 0.15) is 13.2 Å². The molecule has 0 amide bonds. The predicted octanol–water partition coefficient (Wildman–Crippen LogP) is 11.3. The molecule has 0 heterocycles. The summed E-state index contributed by atoms with van der Waals surface area (Å²) in [5.74, 6) is -1.09. The number of phosphoric ester groups is 1. The first-order valence-electron chi connectivity index (χ1n) is 22.4. The molecular formula is C44H86NO8P. The van der Waals surface area contributed by atoms with Gasteiger partial charge in [-0.25, -0.2) is 0 Å². The number of carbonyl (C=O) groups excluding carboxylic acids is 2. The Morgan fingerprint density at radius 3 is 1.43 bits per heavy atom. The fraction of sp³-hybridized carbons (Fsp3) is 0.909. The zero-order valence-electron chi connectivity index (χ0n) is 35.8. The predicted molar refractivity (Wildman–Crippen MR) is 222 cm³/mol. The number of ketones is 1. The van der Waals surface area contributed by atoms with Gasteiger partial charge in [-0.2, -0.15) is 0 Å². The molecule has 0 bridgehead atoms. The van der Waals surface area contributed by atoms with Gasteiger partial charge in [0, 0.05) is 12.8 Å². The first-order chi connectivity index (χ1) is 26.0. The van der Waals surface area contributed by atoms with Crippen LogP contribution < -0.4 is 4.89 Å². The highest BCUT2D eigenvalue weighted by molar-refractivity contribution is 7.45. The maximum atomic E-state index is 13.3. The van der Waals surface area contributed by atoms with Crippen LogP contribution in [0.15, 0.2) is 12.2 Å². The number of hydrogen-bond acceptors (Lipinski definition) is 8. The highest BCUT2D eigenvalue weighted by Crippen LogP contribution is 2.41. The first-order valence-corrected chi connectivity index (χ1v) is 23.8. The number of ether oxygens (including phenoxy) is 1. The van der Waals surface area contributed by atoms with Crippen molar-refractivity contribution in [3.05, 3.63) is 12.2 Å². The summed E-state index contributed by atoms with van der Waals surface area (Å²) in [7, 11) is 0.795. The molecule has 0 spiro atoms. The zero-order valence-corrected chi connectivity index (χ0v) is 36.7. The molecule has 10 heteroatoms. The van der Waals surface area contributed by atoms with Crippen molar-refractivity contribution in [2.45, 2.75) is 219 Å². The minimum Gasteiger partial charge on any atom is -0.756 e. The molecule has 0 radical (unpaired) electrons. The summed E-state index contributed by atoms with van der Waals surface area (Å²) in [5.41, 5.74) is 0. The third kappa shape index (κ3) is 35.3. The molecule has 3 atom stereocenters. The summed E-state index contributed by atoms with van der Waals surface area (Å²) in [6.45, 7) is 4.05. The van der Waals surface area contributed by atoms with Gasteiger partial charge < -0.3 is 28.3 Å². The number of aliphatic hydroxyl groups is 1. The second-order valence-electron chi connectivity index (χ2n) is 16.5. The molecular weight excluding hydrogens is 701 g/mol. The molecule has 1 N–H and O–H groups in total. The topological polar surface area (TPSA) is 122 Å². The van der Waals surface area contributed by atoms with Crippen LogP contribution in [0.5, 0.6) is 0 Å².